The highest BCUT2D eigenvalue weighted by Crippen LogP contribution is 2.21. The summed E-state index contributed by atoms with van der Waals surface area (Å²) in [4.78, 5) is 16.5. The van der Waals surface area contributed by atoms with E-state index in [1.54, 1.807) is 0 Å². The summed E-state index contributed by atoms with van der Waals surface area (Å²) in [5, 5.41) is 2.41. The normalized spacial score (nSPS) is 21.4. The van der Waals surface area contributed by atoms with Gasteiger partial charge in [-0.15, -0.1) is 0 Å². The molecule has 2 aromatic rings. The lowest BCUT2D eigenvalue weighted by atomic mass is 10.1. The first-order valence-electron chi connectivity index (χ1n) is 8.16. The van der Waals surface area contributed by atoms with Crippen LogP contribution in [0.2, 0.25) is 0 Å². The van der Waals surface area contributed by atoms with Crippen LogP contribution in [0.3, 0.4) is 0 Å². The van der Waals surface area contributed by atoms with Gasteiger partial charge in [-0.25, -0.2) is 0 Å². The molecule has 4 heteroatoms. The van der Waals surface area contributed by atoms with Crippen molar-refractivity contribution in [3.63, 3.8) is 0 Å². The lowest BCUT2D eigenvalue weighted by Crippen LogP contribution is -2.50. The van der Waals surface area contributed by atoms with Crippen LogP contribution >= 0.6 is 0 Å². The van der Waals surface area contributed by atoms with Crippen LogP contribution in [0.5, 0.6) is 0 Å². The molecule has 1 aliphatic heterocycles. The molecular formula is C19H24N2O2. The molecule has 0 spiro atoms. The van der Waals surface area contributed by atoms with Gasteiger partial charge in [0.25, 0.3) is 0 Å². The van der Waals surface area contributed by atoms with Gasteiger partial charge in [-0.1, -0.05) is 30.3 Å². The summed E-state index contributed by atoms with van der Waals surface area (Å²) >= 11 is 0. The van der Waals surface area contributed by atoms with Crippen molar-refractivity contribution in [2.45, 2.75) is 26.1 Å². The molecule has 0 radical (unpaired) electrons. The minimum atomic E-state index is 0.105. The maximum absolute atomic E-state index is 12.6. The van der Waals surface area contributed by atoms with E-state index in [0.29, 0.717) is 19.6 Å². The number of anilines is 1. The van der Waals surface area contributed by atoms with E-state index in [9.17, 15) is 4.79 Å². The van der Waals surface area contributed by atoms with E-state index in [2.05, 4.69) is 30.3 Å². The molecule has 23 heavy (non-hydrogen) atoms. The monoisotopic (exact) mass is 312 g/mol. The third-order valence-electron chi connectivity index (χ3n) is 4.32. The minimum Gasteiger partial charge on any atom is -0.372 e. The fourth-order valence-electron chi connectivity index (χ4n) is 3.19. The fraction of sp³-hybridized carbons (Fsp3) is 0.421. The average molecular weight is 312 g/mol. The zero-order chi connectivity index (χ0) is 16.4. The van der Waals surface area contributed by atoms with Crippen molar-refractivity contribution in [3.8, 4) is 0 Å². The number of morpholine rings is 1. The van der Waals surface area contributed by atoms with Gasteiger partial charge in [0.1, 0.15) is 0 Å². The second kappa shape index (κ2) is 6.59. The maximum atomic E-state index is 12.6. The summed E-state index contributed by atoms with van der Waals surface area (Å²) in [6, 6.07) is 14.6. The van der Waals surface area contributed by atoms with Crippen LogP contribution in [0.4, 0.5) is 5.69 Å². The molecular weight excluding hydrogens is 288 g/mol. The number of rotatable bonds is 3. The Morgan fingerprint density at radius 2 is 1.78 bits per heavy atom. The Labute approximate surface area is 137 Å². The van der Waals surface area contributed by atoms with Crippen LogP contribution < -0.4 is 4.90 Å². The Bertz CT molecular complexity index is 691. The number of likely N-dealkylation sites (N-methyl/N-ethyl adjacent to an activating group) is 1. The van der Waals surface area contributed by atoms with Crippen LogP contribution in [-0.4, -0.2) is 49.7 Å². The fourth-order valence-corrected chi connectivity index (χ4v) is 3.19. The molecule has 0 unspecified atom stereocenters. The van der Waals surface area contributed by atoms with Crippen LogP contribution in [0.1, 0.15) is 13.8 Å². The van der Waals surface area contributed by atoms with Gasteiger partial charge in [0, 0.05) is 25.8 Å². The molecule has 0 aliphatic carbocycles. The molecule has 1 saturated heterocycles. The first-order valence-corrected chi connectivity index (χ1v) is 8.16. The van der Waals surface area contributed by atoms with Gasteiger partial charge in [-0.2, -0.15) is 0 Å². The molecule has 0 saturated carbocycles. The van der Waals surface area contributed by atoms with Gasteiger partial charge < -0.3 is 14.5 Å². The van der Waals surface area contributed by atoms with Crippen molar-refractivity contribution in [3.05, 3.63) is 42.5 Å². The highest BCUT2D eigenvalue weighted by Gasteiger charge is 2.26. The van der Waals surface area contributed by atoms with Crippen molar-refractivity contribution >= 4 is 22.4 Å². The van der Waals surface area contributed by atoms with Gasteiger partial charge in [0.15, 0.2) is 0 Å². The summed E-state index contributed by atoms with van der Waals surface area (Å²) < 4.78 is 5.70. The van der Waals surface area contributed by atoms with E-state index >= 15 is 0 Å². The Kier molecular flexibility index (Phi) is 4.53. The van der Waals surface area contributed by atoms with E-state index in [-0.39, 0.29) is 18.1 Å². The minimum absolute atomic E-state index is 0.105. The number of hydrogen-bond acceptors (Lipinski definition) is 3. The largest absolute Gasteiger partial charge is 0.372 e. The molecule has 3 rings (SSSR count). The zero-order valence-electron chi connectivity index (χ0n) is 14.0. The number of nitrogens with zero attached hydrogens (tertiary/aromatic N) is 2. The maximum Gasteiger partial charge on any atom is 0.242 e. The molecule has 1 heterocycles. The first kappa shape index (κ1) is 15.8. The molecule has 4 nitrogen and oxygen atoms in total. The zero-order valence-corrected chi connectivity index (χ0v) is 14.0. The van der Waals surface area contributed by atoms with E-state index in [1.165, 1.54) is 10.8 Å². The van der Waals surface area contributed by atoms with Gasteiger partial charge >= 0.3 is 0 Å². The molecule has 0 N–H and O–H groups in total. The van der Waals surface area contributed by atoms with Crippen LogP contribution in [0, 0.1) is 0 Å². The molecule has 2 aromatic carbocycles. The quantitative estimate of drug-likeness (QED) is 0.873. The van der Waals surface area contributed by atoms with E-state index in [0.717, 1.165) is 5.69 Å². The van der Waals surface area contributed by atoms with Gasteiger partial charge in [0.2, 0.25) is 5.91 Å². The third kappa shape index (κ3) is 3.64. The standard InChI is InChI=1S/C19H24N2O2/c1-14-11-21(12-15(2)23-14)19(22)13-20(3)18-9-8-16-6-4-5-7-17(16)10-18/h4-10,14-15H,11-13H2,1-3H3/t14-,15+. The summed E-state index contributed by atoms with van der Waals surface area (Å²) in [6.45, 7) is 5.77. The number of carbonyl (C=O) groups is 1. The summed E-state index contributed by atoms with van der Waals surface area (Å²) in [5.74, 6) is 0.155. The van der Waals surface area contributed by atoms with E-state index in [1.807, 2.05) is 42.8 Å². The molecule has 1 amide bonds. The Morgan fingerprint density at radius 3 is 2.48 bits per heavy atom. The summed E-state index contributed by atoms with van der Waals surface area (Å²) in [5.41, 5.74) is 1.06. The Morgan fingerprint density at radius 1 is 1.13 bits per heavy atom. The molecule has 0 aromatic heterocycles. The first-order chi connectivity index (χ1) is 11.0. The number of hydrogen-bond donors (Lipinski definition) is 0. The number of fused-ring (bicyclic) bond motifs is 1. The number of carbonyl (C=O) groups excluding carboxylic acids is 1. The molecule has 122 valence electrons. The lowest BCUT2D eigenvalue weighted by molar-refractivity contribution is -0.141. The predicted octanol–water partition coefficient (Wildman–Crippen LogP) is 2.91. The molecule has 1 aliphatic rings. The SMILES string of the molecule is C[C@@H]1CN(C(=O)CN(C)c2ccc3ccccc3c2)C[C@H](C)O1. The van der Waals surface area contributed by atoms with E-state index < -0.39 is 0 Å². The third-order valence-corrected chi connectivity index (χ3v) is 4.32. The highest BCUT2D eigenvalue weighted by atomic mass is 16.5. The second-order valence-electron chi connectivity index (χ2n) is 6.44. The molecule has 1 fully saturated rings. The van der Waals surface area contributed by atoms with Crippen LogP contribution in [0.15, 0.2) is 42.5 Å². The predicted molar refractivity (Wildman–Crippen MR) is 93.8 cm³/mol. The summed E-state index contributed by atoms with van der Waals surface area (Å²) in [7, 11) is 1.97. The van der Waals surface area contributed by atoms with Crippen molar-refractivity contribution in [1.82, 2.24) is 4.90 Å². The van der Waals surface area contributed by atoms with Gasteiger partial charge in [-0.3, -0.25) is 4.79 Å². The topological polar surface area (TPSA) is 32.8 Å². The molecule has 0 bridgehead atoms. The van der Waals surface area contributed by atoms with Gasteiger partial charge in [-0.05, 0) is 36.8 Å². The second-order valence-corrected chi connectivity index (χ2v) is 6.44. The number of amides is 1. The number of benzene rings is 2. The van der Waals surface area contributed by atoms with E-state index in [4.69, 9.17) is 4.74 Å². The lowest BCUT2D eigenvalue weighted by Gasteiger charge is -2.36. The van der Waals surface area contributed by atoms with Crippen molar-refractivity contribution < 1.29 is 9.53 Å². The van der Waals surface area contributed by atoms with Crippen molar-refractivity contribution in [1.29, 1.82) is 0 Å². The Balaban J connectivity index is 1.69. The van der Waals surface area contributed by atoms with Crippen LogP contribution in [0.25, 0.3) is 10.8 Å². The smallest absolute Gasteiger partial charge is 0.242 e. The van der Waals surface area contributed by atoms with Crippen molar-refractivity contribution in [2.24, 2.45) is 0 Å². The Hall–Kier alpha value is -2.07. The van der Waals surface area contributed by atoms with Gasteiger partial charge in [0.05, 0.1) is 18.8 Å². The van der Waals surface area contributed by atoms with Crippen molar-refractivity contribution in [2.75, 3.05) is 31.6 Å². The number of ether oxygens (including phenoxy) is 1. The highest BCUT2D eigenvalue weighted by molar-refractivity contribution is 5.87. The molecule has 2 atom stereocenters. The summed E-state index contributed by atoms with van der Waals surface area (Å²) in [6.07, 6.45) is 0.211. The van der Waals surface area contributed by atoms with Crippen LogP contribution in [-0.2, 0) is 9.53 Å². The average Bonchev–Trinajstić information content (AvgIpc) is 2.53.